The van der Waals surface area contributed by atoms with Gasteiger partial charge in [0.1, 0.15) is 0 Å². The Labute approximate surface area is 119 Å². The van der Waals surface area contributed by atoms with Crippen LogP contribution in [-0.4, -0.2) is 49.3 Å². The molecule has 0 amide bonds. The molecule has 0 radical (unpaired) electrons. The molecule has 0 spiro atoms. The van der Waals surface area contributed by atoms with Crippen molar-refractivity contribution in [1.82, 2.24) is 10.2 Å². The molecular weight excluding hydrogens is 236 g/mol. The molecule has 0 aromatic rings. The molecule has 19 heavy (non-hydrogen) atoms. The summed E-state index contributed by atoms with van der Waals surface area (Å²) in [5.74, 6) is 0. The minimum atomic E-state index is 0.501. The van der Waals surface area contributed by atoms with Gasteiger partial charge in [-0.25, -0.2) is 0 Å². The number of ether oxygens (including phenoxy) is 1. The fraction of sp³-hybridized carbons (Fsp3) is 1.00. The van der Waals surface area contributed by atoms with Crippen molar-refractivity contribution in [3.63, 3.8) is 0 Å². The smallest absolute Gasteiger partial charge is 0.0589 e. The summed E-state index contributed by atoms with van der Waals surface area (Å²) in [5, 5.41) is 3.79. The van der Waals surface area contributed by atoms with Gasteiger partial charge in [-0.15, -0.1) is 0 Å². The summed E-state index contributed by atoms with van der Waals surface area (Å²) in [6.45, 7) is 9.31. The van der Waals surface area contributed by atoms with E-state index in [0.29, 0.717) is 18.2 Å². The summed E-state index contributed by atoms with van der Waals surface area (Å²) in [6, 6.07) is 1.37. The minimum Gasteiger partial charge on any atom is -0.378 e. The molecule has 0 aromatic carbocycles. The Hall–Kier alpha value is -0.120. The molecule has 112 valence electrons. The van der Waals surface area contributed by atoms with Crippen molar-refractivity contribution in [3.05, 3.63) is 0 Å². The largest absolute Gasteiger partial charge is 0.378 e. The van der Waals surface area contributed by atoms with E-state index in [1.807, 2.05) is 0 Å². The maximum Gasteiger partial charge on any atom is 0.0589 e. The first-order valence-electron chi connectivity index (χ1n) is 8.38. The summed E-state index contributed by atoms with van der Waals surface area (Å²) < 4.78 is 5.82. The molecule has 3 atom stereocenters. The highest BCUT2D eigenvalue weighted by Gasteiger charge is 2.23. The van der Waals surface area contributed by atoms with Crippen molar-refractivity contribution >= 4 is 0 Å². The van der Waals surface area contributed by atoms with Crippen LogP contribution in [-0.2, 0) is 4.74 Å². The maximum absolute atomic E-state index is 5.82. The predicted molar refractivity (Wildman–Crippen MR) is 80.6 cm³/mol. The normalized spacial score (nSPS) is 31.3. The van der Waals surface area contributed by atoms with Crippen LogP contribution in [0, 0.1) is 0 Å². The molecule has 0 aliphatic carbocycles. The standard InChI is InChI=1S/C16H32N2O/c1-3-7-16-12-15(8-11-19-16)17-13-14(2)18-9-5-4-6-10-18/h14-17H,3-13H2,1-2H3. The number of piperidine rings is 1. The lowest BCUT2D eigenvalue weighted by Gasteiger charge is -2.35. The van der Waals surface area contributed by atoms with E-state index < -0.39 is 0 Å². The first-order valence-corrected chi connectivity index (χ1v) is 8.38. The summed E-state index contributed by atoms with van der Waals surface area (Å²) in [7, 11) is 0. The van der Waals surface area contributed by atoms with Gasteiger partial charge in [0.2, 0.25) is 0 Å². The Morgan fingerprint density at radius 2 is 2.05 bits per heavy atom. The fourth-order valence-electron chi connectivity index (χ4n) is 3.41. The lowest BCUT2D eigenvalue weighted by molar-refractivity contribution is -0.00426. The number of hydrogen-bond acceptors (Lipinski definition) is 3. The van der Waals surface area contributed by atoms with Gasteiger partial charge in [0, 0.05) is 25.2 Å². The van der Waals surface area contributed by atoms with Crippen molar-refractivity contribution in [2.45, 2.75) is 77.0 Å². The van der Waals surface area contributed by atoms with Crippen LogP contribution in [0.3, 0.4) is 0 Å². The molecule has 2 heterocycles. The Balaban J connectivity index is 1.66. The number of likely N-dealkylation sites (tertiary alicyclic amines) is 1. The lowest BCUT2D eigenvalue weighted by Crippen LogP contribution is -2.47. The molecular formula is C16H32N2O. The molecule has 3 heteroatoms. The Morgan fingerprint density at radius 3 is 2.79 bits per heavy atom. The monoisotopic (exact) mass is 268 g/mol. The second kappa shape index (κ2) is 8.23. The summed E-state index contributed by atoms with van der Waals surface area (Å²) in [5.41, 5.74) is 0. The van der Waals surface area contributed by atoms with Crippen molar-refractivity contribution in [2.75, 3.05) is 26.2 Å². The van der Waals surface area contributed by atoms with Gasteiger partial charge in [-0.1, -0.05) is 19.8 Å². The Morgan fingerprint density at radius 1 is 1.26 bits per heavy atom. The van der Waals surface area contributed by atoms with Crippen molar-refractivity contribution in [2.24, 2.45) is 0 Å². The Kier molecular flexibility index (Phi) is 6.62. The third-order valence-electron chi connectivity index (χ3n) is 4.69. The molecule has 1 N–H and O–H groups in total. The molecule has 2 aliphatic heterocycles. The van der Waals surface area contributed by atoms with E-state index in [9.17, 15) is 0 Å². The second-order valence-electron chi connectivity index (χ2n) is 6.36. The first-order chi connectivity index (χ1) is 9.29. The van der Waals surface area contributed by atoms with Gasteiger partial charge in [-0.2, -0.15) is 0 Å². The predicted octanol–water partition coefficient (Wildman–Crippen LogP) is 2.80. The van der Waals surface area contributed by atoms with Crippen LogP contribution in [0.5, 0.6) is 0 Å². The molecule has 2 fully saturated rings. The van der Waals surface area contributed by atoms with Crippen molar-refractivity contribution < 1.29 is 4.74 Å². The molecule has 0 bridgehead atoms. The highest BCUT2D eigenvalue weighted by atomic mass is 16.5. The summed E-state index contributed by atoms with van der Waals surface area (Å²) in [4.78, 5) is 2.65. The topological polar surface area (TPSA) is 24.5 Å². The second-order valence-corrected chi connectivity index (χ2v) is 6.36. The quantitative estimate of drug-likeness (QED) is 0.801. The molecule has 3 unspecified atom stereocenters. The maximum atomic E-state index is 5.82. The summed E-state index contributed by atoms with van der Waals surface area (Å²) >= 11 is 0. The van der Waals surface area contributed by atoms with Crippen LogP contribution in [0.2, 0.25) is 0 Å². The van der Waals surface area contributed by atoms with E-state index in [0.717, 1.165) is 13.2 Å². The van der Waals surface area contributed by atoms with Crippen molar-refractivity contribution in [1.29, 1.82) is 0 Å². The van der Waals surface area contributed by atoms with Crippen LogP contribution >= 0.6 is 0 Å². The van der Waals surface area contributed by atoms with Crippen LogP contribution in [0.1, 0.15) is 58.8 Å². The van der Waals surface area contributed by atoms with Gasteiger partial charge in [-0.3, -0.25) is 4.90 Å². The van der Waals surface area contributed by atoms with E-state index in [1.54, 1.807) is 0 Å². The molecule has 3 nitrogen and oxygen atoms in total. The average molecular weight is 268 g/mol. The van der Waals surface area contributed by atoms with E-state index in [1.165, 1.54) is 58.0 Å². The van der Waals surface area contributed by atoms with Gasteiger partial charge < -0.3 is 10.1 Å². The zero-order valence-corrected chi connectivity index (χ0v) is 12.9. The first kappa shape index (κ1) is 15.3. The Bertz CT molecular complexity index is 239. The third-order valence-corrected chi connectivity index (χ3v) is 4.69. The van der Waals surface area contributed by atoms with Gasteiger partial charge in [0.15, 0.2) is 0 Å². The third kappa shape index (κ3) is 5.05. The number of hydrogen-bond donors (Lipinski definition) is 1. The molecule has 2 rings (SSSR count). The molecule has 2 saturated heterocycles. The van der Waals surface area contributed by atoms with Gasteiger partial charge in [-0.05, 0) is 52.1 Å². The van der Waals surface area contributed by atoms with Crippen LogP contribution in [0.15, 0.2) is 0 Å². The van der Waals surface area contributed by atoms with Gasteiger partial charge in [0.05, 0.1) is 6.10 Å². The number of rotatable bonds is 6. The van der Waals surface area contributed by atoms with E-state index in [-0.39, 0.29) is 0 Å². The lowest BCUT2D eigenvalue weighted by atomic mass is 10.00. The van der Waals surface area contributed by atoms with Crippen LogP contribution < -0.4 is 5.32 Å². The SMILES string of the molecule is CCCC1CC(NCC(C)N2CCCCC2)CCO1. The summed E-state index contributed by atoms with van der Waals surface area (Å²) in [6.07, 6.45) is 9.56. The molecule has 0 aromatic heterocycles. The van der Waals surface area contributed by atoms with Gasteiger partial charge >= 0.3 is 0 Å². The molecule has 2 aliphatic rings. The fourth-order valence-corrected chi connectivity index (χ4v) is 3.41. The van der Waals surface area contributed by atoms with E-state index >= 15 is 0 Å². The number of nitrogens with one attached hydrogen (secondary N) is 1. The van der Waals surface area contributed by atoms with Crippen molar-refractivity contribution in [3.8, 4) is 0 Å². The van der Waals surface area contributed by atoms with E-state index in [4.69, 9.17) is 4.74 Å². The van der Waals surface area contributed by atoms with Gasteiger partial charge in [0.25, 0.3) is 0 Å². The highest BCUT2D eigenvalue weighted by molar-refractivity contribution is 4.80. The number of nitrogens with zero attached hydrogens (tertiary/aromatic N) is 1. The van der Waals surface area contributed by atoms with E-state index in [2.05, 4.69) is 24.1 Å². The van der Waals surface area contributed by atoms with Crippen LogP contribution in [0.25, 0.3) is 0 Å². The highest BCUT2D eigenvalue weighted by Crippen LogP contribution is 2.18. The minimum absolute atomic E-state index is 0.501. The zero-order chi connectivity index (χ0) is 13.5. The average Bonchev–Trinajstić information content (AvgIpc) is 2.46. The molecule has 0 saturated carbocycles. The van der Waals surface area contributed by atoms with Crippen LogP contribution in [0.4, 0.5) is 0 Å². The zero-order valence-electron chi connectivity index (χ0n) is 12.9.